The van der Waals surface area contributed by atoms with E-state index < -0.39 is 10.0 Å². The first kappa shape index (κ1) is 16.8. The van der Waals surface area contributed by atoms with E-state index in [9.17, 15) is 13.2 Å². The number of carbonyl (C=O) groups is 1. The minimum Gasteiger partial charge on any atom is -0.383 e. The molecule has 1 aliphatic heterocycles. The Balaban J connectivity index is 2.23. The highest BCUT2D eigenvalue weighted by atomic mass is 32.2. The van der Waals surface area contributed by atoms with Gasteiger partial charge in [-0.25, -0.2) is 8.42 Å². The monoisotopic (exact) mass is 326 g/mol. The van der Waals surface area contributed by atoms with Crippen molar-refractivity contribution in [2.45, 2.75) is 19.8 Å². The minimum atomic E-state index is -3.27. The van der Waals surface area contributed by atoms with Crippen LogP contribution in [0.1, 0.15) is 29.3 Å². The van der Waals surface area contributed by atoms with E-state index in [2.05, 4.69) is 5.32 Å². The standard InChI is InChI=1S/C15H22N2O4S/c1-3-22(19,20)17-9-4-5-12-11-13(6-7-14(12)17)15(18)16-8-10-21-2/h6-7,11H,3-5,8-10H2,1-2H3,(H,16,18). The van der Waals surface area contributed by atoms with Crippen LogP contribution >= 0.6 is 0 Å². The molecule has 6 nitrogen and oxygen atoms in total. The second-order valence-electron chi connectivity index (χ2n) is 5.17. The molecule has 1 aromatic carbocycles. The van der Waals surface area contributed by atoms with Crippen molar-refractivity contribution < 1.29 is 17.9 Å². The van der Waals surface area contributed by atoms with Gasteiger partial charge in [-0.2, -0.15) is 0 Å². The van der Waals surface area contributed by atoms with Crippen molar-refractivity contribution in [3.8, 4) is 0 Å². The fourth-order valence-corrected chi connectivity index (χ4v) is 3.71. The van der Waals surface area contributed by atoms with Gasteiger partial charge in [0.15, 0.2) is 0 Å². The summed E-state index contributed by atoms with van der Waals surface area (Å²) in [6.45, 7) is 3.05. The molecule has 1 heterocycles. The molecule has 1 aromatic rings. The van der Waals surface area contributed by atoms with E-state index in [4.69, 9.17) is 4.74 Å². The van der Waals surface area contributed by atoms with Crippen LogP contribution in [0.25, 0.3) is 0 Å². The number of aryl methyl sites for hydroxylation is 1. The number of benzene rings is 1. The van der Waals surface area contributed by atoms with Crippen LogP contribution in [0.15, 0.2) is 18.2 Å². The number of sulfonamides is 1. The predicted molar refractivity (Wildman–Crippen MR) is 85.8 cm³/mol. The molecule has 0 fully saturated rings. The molecule has 7 heteroatoms. The summed E-state index contributed by atoms with van der Waals surface area (Å²) in [4.78, 5) is 12.0. The average molecular weight is 326 g/mol. The van der Waals surface area contributed by atoms with Crippen LogP contribution in [-0.2, 0) is 21.2 Å². The summed E-state index contributed by atoms with van der Waals surface area (Å²) >= 11 is 0. The number of rotatable bonds is 6. The van der Waals surface area contributed by atoms with Crippen molar-refractivity contribution in [2.75, 3.05) is 36.9 Å². The average Bonchev–Trinajstić information content (AvgIpc) is 2.53. The number of nitrogens with one attached hydrogen (secondary N) is 1. The number of methoxy groups -OCH3 is 1. The maximum absolute atomic E-state index is 12.1. The molecule has 0 saturated carbocycles. The Kier molecular flexibility index (Phi) is 5.42. The summed E-state index contributed by atoms with van der Waals surface area (Å²) < 4.78 is 30.6. The molecule has 1 amide bonds. The molecule has 0 aromatic heterocycles. The van der Waals surface area contributed by atoms with Crippen LogP contribution in [-0.4, -0.2) is 46.9 Å². The third-order valence-electron chi connectivity index (χ3n) is 3.71. The number of hydrogen-bond acceptors (Lipinski definition) is 4. The van der Waals surface area contributed by atoms with Gasteiger partial charge in [0.25, 0.3) is 5.91 Å². The molecule has 0 saturated heterocycles. The quantitative estimate of drug-likeness (QED) is 0.796. The van der Waals surface area contributed by atoms with Crippen LogP contribution < -0.4 is 9.62 Å². The van der Waals surface area contributed by atoms with Gasteiger partial charge in [0.05, 0.1) is 18.0 Å². The third kappa shape index (κ3) is 3.59. The van der Waals surface area contributed by atoms with Gasteiger partial charge in [0.1, 0.15) is 0 Å². The Morgan fingerprint density at radius 3 is 2.86 bits per heavy atom. The zero-order chi connectivity index (χ0) is 16.2. The molecule has 22 heavy (non-hydrogen) atoms. The molecule has 1 N–H and O–H groups in total. The lowest BCUT2D eigenvalue weighted by atomic mass is 10.0. The zero-order valence-electron chi connectivity index (χ0n) is 13.0. The maximum Gasteiger partial charge on any atom is 0.251 e. The normalized spacial score (nSPS) is 14.5. The van der Waals surface area contributed by atoms with E-state index >= 15 is 0 Å². The van der Waals surface area contributed by atoms with Crippen LogP contribution in [0.3, 0.4) is 0 Å². The molecule has 0 spiro atoms. The molecule has 1 aliphatic rings. The molecule has 2 rings (SSSR count). The Morgan fingerprint density at radius 2 is 2.18 bits per heavy atom. The largest absolute Gasteiger partial charge is 0.383 e. The summed E-state index contributed by atoms with van der Waals surface area (Å²) in [5.41, 5.74) is 2.15. The van der Waals surface area contributed by atoms with Crippen LogP contribution in [0.5, 0.6) is 0 Å². The number of ether oxygens (including phenoxy) is 1. The molecule has 0 aliphatic carbocycles. The lowest BCUT2D eigenvalue weighted by molar-refractivity contribution is 0.0937. The summed E-state index contributed by atoms with van der Waals surface area (Å²) in [6, 6.07) is 5.19. The maximum atomic E-state index is 12.1. The summed E-state index contributed by atoms with van der Waals surface area (Å²) in [5.74, 6) is -0.0959. The number of amides is 1. The van der Waals surface area contributed by atoms with Gasteiger partial charge in [-0.3, -0.25) is 9.10 Å². The fraction of sp³-hybridized carbons (Fsp3) is 0.533. The molecule has 0 bridgehead atoms. The highest BCUT2D eigenvalue weighted by molar-refractivity contribution is 7.92. The highest BCUT2D eigenvalue weighted by Gasteiger charge is 2.26. The number of nitrogens with zero attached hydrogens (tertiary/aromatic N) is 1. The topological polar surface area (TPSA) is 75.7 Å². The van der Waals surface area contributed by atoms with Gasteiger partial charge >= 0.3 is 0 Å². The van der Waals surface area contributed by atoms with E-state index in [1.165, 1.54) is 4.31 Å². The first-order chi connectivity index (χ1) is 10.5. The van der Waals surface area contributed by atoms with Crippen LogP contribution in [0, 0.1) is 0 Å². The minimum absolute atomic E-state index is 0.0751. The number of hydrogen-bond donors (Lipinski definition) is 1. The number of fused-ring (bicyclic) bond motifs is 1. The molecule has 0 atom stereocenters. The lowest BCUT2D eigenvalue weighted by Gasteiger charge is -2.30. The van der Waals surface area contributed by atoms with E-state index in [1.54, 1.807) is 32.2 Å². The summed E-state index contributed by atoms with van der Waals surface area (Å²) in [6.07, 6.45) is 1.55. The molecule has 0 radical (unpaired) electrons. The fourth-order valence-electron chi connectivity index (χ4n) is 2.52. The molecule has 0 unspecified atom stereocenters. The second-order valence-corrected chi connectivity index (χ2v) is 7.35. The Morgan fingerprint density at radius 1 is 1.41 bits per heavy atom. The molecular weight excluding hydrogens is 304 g/mol. The van der Waals surface area contributed by atoms with E-state index in [0.717, 1.165) is 18.4 Å². The van der Waals surface area contributed by atoms with E-state index in [-0.39, 0.29) is 11.7 Å². The molecule has 122 valence electrons. The van der Waals surface area contributed by atoms with Gasteiger partial charge in [-0.05, 0) is 43.5 Å². The van der Waals surface area contributed by atoms with Gasteiger partial charge in [-0.1, -0.05) is 0 Å². The third-order valence-corrected chi connectivity index (χ3v) is 5.49. The Labute approximate surface area is 131 Å². The summed E-state index contributed by atoms with van der Waals surface area (Å²) in [7, 11) is -1.69. The van der Waals surface area contributed by atoms with E-state index in [0.29, 0.717) is 30.9 Å². The van der Waals surface area contributed by atoms with Crippen molar-refractivity contribution in [2.24, 2.45) is 0 Å². The second kappa shape index (κ2) is 7.11. The first-order valence-electron chi connectivity index (χ1n) is 7.40. The predicted octanol–water partition coefficient (Wildman–Crippen LogP) is 1.17. The van der Waals surface area contributed by atoms with Crippen molar-refractivity contribution in [1.82, 2.24) is 5.32 Å². The SMILES string of the molecule is CCS(=O)(=O)N1CCCc2cc(C(=O)NCCOC)ccc21. The van der Waals surface area contributed by atoms with Gasteiger partial charge in [0, 0.05) is 25.8 Å². The number of anilines is 1. The van der Waals surface area contributed by atoms with Crippen molar-refractivity contribution in [3.05, 3.63) is 29.3 Å². The van der Waals surface area contributed by atoms with Crippen LogP contribution in [0.2, 0.25) is 0 Å². The number of carbonyl (C=O) groups excluding carboxylic acids is 1. The zero-order valence-corrected chi connectivity index (χ0v) is 13.8. The van der Waals surface area contributed by atoms with Gasteiger partial charge < -0.3 is 10.1 Å². The highest BCUT2D eigenvalue weighted by Crippen LogP contribution is 2.30. The smallest absolute Gasteiger partial charge is 0.251 e. The van der Waals surface area contributed by atoms with Gasteiger partial charge in [0.2, 0.25) is 10.0 Å². The van der Waals surface area contributed by atoms with Crippen molar-refractivity contribution in [1.29, 1.82) is 0 Å². The first-order valence-corrected chi connectivity index (χ1v) is 9.01. The Bertz CT molecular complexity index is 643. The Hall–Kier alpha value is -1.60. The van der Waals surface area contributed by atoms with Gasteiger partial charge in [-0.15, -0.1) is 0 Å². The van der Waals surface area contributed by atoms with Crippen molar-refractivity contribution >= 4 is 21.6 Å². The summed E-state index contributed by atoms with van der Waals surface area (Å²) in [5, 5.41) is 2.76. The lowest BCUT2D eigenvalue weighted by Crippen LogP contribution is -2.36. The van der Waals surface area contributed by atoms with Crippen molar-refractivity contribution in [3.63, 3.8) is 0 Å². The van der Waals surface area contributed by atoms with Crippen LogP contribution in [0.4, 0.5) is 5.69 Å². The van der Waals surface area contributed by atoms with E-state index in [1.807, 2.05) is 0 Å². The molecular formula is C15H22N2O4S.